The van der Waals surface area contributed by atoms with Crippen molar-refractivity contribution < 1.29 is 24.2 Å². The van der Waals surface area contributed by atoms with Crippen LogP contribution in [0.15, 0.2) is 67.0 Å². The standard InChI is InChI=1S/C24H22IN3O3S.C5H10O2.C2H6/c1-26-21(24(29)30)11-15-6-5-7-16(10-15)17-12-19-20(14-28(32-25)23(19)27-13-17)18-8-3-4-9-22(18)31-2;1-5(2,3)7-4-6;1-2/h3-10,12-14,21,26H,11H2,1-2H3,(H,29,30);4H,1-3H3;1-2H3. The fraction of sp³-hybridized carbons (Fsp3) is 0.323. The van der Waals surface area contributed by atoms with Gasteiger partial charge in [0.2, 0.25) is 0 Å². The lowest BCUT2D eigenvalue weighted by Crippen LogP contribution is -2.35. The Morgan fingerprint density at radius 3 is 2.39 bits per heavy atom. The van der Waals surface area contributed by atoms with E-state index in [2.05, 4.69) is 43.5 Å². The molecule has 0 saturated heterocycles. The molecule has 4 rings (SSSR count). The highest BCUT2D eigenvalue weighted by Gasteiger charge is 2.18. The predicted octanol–water partition coefficient (Wildman–Crippen LogP) is 7.42. The third-order valence-corrected chi connectivity index (χ3v) is 7.53. The SMILES string of the molecule is CC.CC(C)(C)OC=O.CNC(Cc1cccc(-c2cnc3c(c2)c(-c2ccccc2OC)cn3SI)c1)C(=O)O. The number of nitrogens with one attached hydrogen (secondary N) is 1. The van der Waals surface area contributed by atoms with Crippen LogP contribution in [0.3, 0.4) is 0 Å². The van der Waals surface area contributed by atoms with Crippen LogP contribution in [0.5, 0.6) is 5.75 Å². The summed E-state index contributed by atoms with van der Waals surface area (Å²) in [5.41, 5.74) is 5.55. The van der Waals surface area contributed by atoms with Gasteiger partial charge in [-0.3, -0.25) is 13.6 Å². The maximum Gasteiger partial charge on any atom is 0.321 e. The van der Waals surface area contributed by atoms with Crippen LogP contribution in [-0.2, 0) is 20.7 Å². The van der Waals surface area contributed by atoms with Gasteiger partial charge in [0, 0.05) is 64.8 Å². The van der Waals surface area contributed by atoms with Crippen LogP contribution < -0.4 is 10.1 Å². The first-order valence-corrected chi connectivity index (χ1v) is 16.5. The number of rotatable bonds is 9. The highest BCUT2D eigenvalue weighted by molar-refractivity contribution is 14.2. The van der Waals surface area contributed by atoms with Crippen LogP contribution in [0, 0.1) is 0 Å². The van der Waals surface area contributed by atoms with Gasteiger partial charge in [-0.1, -0.05) is 56.3 Å². The molecule has 2 heterocycles. The van der Waals surface area contributed by atoms with E-state index >= 15 is 0 Å². The quantitative estimate of drug-likeness (QED) is 0.138. The number of halogens is 1. The van der Waals surface area contributed by atoms with Crippen molar-refractivity contribution in [2.75, 3.05) is 14.2 Å². The van der Waals surface area contributed by atoms with E-state index in [1.54, 1.807) is 23.3 Å². The molecule has 0 aliphatic heterocycles. The topological polar surface area (TPSA) is 103 Å². The number of carboxylic acids is 1. The fourth-order valence-corrected chi connectivity index (χ4v) is 5.20. The molecular weight excluding hydrogens is 653 g/mol. The molecule has 0 radical (unpaired) electrons. The van der Waals surface area contributed by atoms with Crippen molar-refractivity contribution >= 4 is 53.8 Å². The number of methoxy groups -OCH3 is 1. The Bertz CT molecular complexity index is 1440. The molecular formula is C31H38IN3O5S. The first-order chi connectivity index (χ1) is 19.6. The van der Waals surface area contributed by atoms with Gasteiger partial charge in [0.05, 0.1) is 7.11 Å². The summed E-state index contributed by atoms with van der Waals surface area (Å²) in [5.74, 6) is -0.0516. The Morgan fingerprint density at radius 2 is 1.83 bits per heavy atom. The second-order valence-electron chi connectivity index (χ2n) is 9.64. The Hall–Kier alpha value is -3.09. The Balaban J connectivity index is 0.000000573. The Kier molecular flexibility index (Phi) is 13.6. The molecule has 4 aromatic rings. The average molecular weight is 692 g/mol. The molecule has 2 N–H and O–H groups in total. The molecule has 10 heteroatoms. The molecule has 1 atom stereocenters. The van der Waals surface area contributed by atoms with Gasteiger partial charge < -0.3 is 19.9 Å². The number of aromatic nitrogens is 2. The Labute approximate surface area is 258 Å². The van der Waals surface area contributed by atoms with Gasteiger partial charge in [-0.05, 0) is 57.5 Å². The van der Waals surface area contributed by atoms with E-state index in [-0.39, 0.29) is 5.60 Å². The molecule has 8 nitrogen and oxygen atoms in total. The van der Waals surface area contributed by atoms with Crippen LogP contribution in [0.2, 0.25) is 0 Å². The number of ether oxygens (including phenoxy) is 2. The zero-order valence-electron chi connectivity index (χ0n) is 24.5. The smallest absolute Gasteiger partial charge is 0.321 e. The maximum atomic E-state index is 11.4. The fourth-order valence-electron chi connectivity index (χ4n) is 3.94. The average Bonchev–Trinajstić information content (AvgIpc) is 3.34. The van der Waals surface area contributed by atoms with E-state index in [0.717, 1.165) is 44.6 Å². The number of carboxylic acid groups (broad SMARTS) is 1. The van der Waals surface area contributed by atoms with E-state index in [9.17, 15) is 14.7 Å². The minimum absolute atomic E-state index is 0.318. The summed E-state index contributed by atoms with van der Waals surface area (Å²) in [6.07, 6.45) is 4.35. The lowest BCUT2D eigenvalue weighted by Gasteiger charge is -2.14. The first-order valence-electron chi connectivity index (χ1n) is 13.2. The number of likely N-dealkylation sites (N-methyl/N-ethyl adjacent to an activating group) is 1. The molecule has 0 bridgehead atoms. The summed E-state index contributed by atoms with van der Waals surface area (Å²) in [4.78, 5) is 25.8. The van der Waals surface area contributed by atoms with Gasteiger partial charge in [0.25, 0.3) is 6.47 Å². The zero-order chi connectivity index (χ0) is 30.6. The predicted molar refractivity (Wildman–Crippen MR) is 177 cm³/mol. The molecule has 2 aromatic carbocycles. The van der Waals surface area contributed by atoms with Crippen molar-refractivity contribution in [1.82, 2.24) is 14.3 Å². The largest absolute Gasteiger partial charge is 0.496 e. The van der Waals surface area contributed by atoms with Crippen LogP contribution >= 0.6 is 30.3 Å². The van der Waals surface area contributed by atoms with E-state index in [1.807, 2.05) is 93.3 Å². The van der Waals surface area contributed by atoms with Gasteiger partial charge in [-0.2, -0.15) is 0 Å². The molecule has 41 heavy (non-hydrogen) atoms. The molecule has 0 fully saturated rings. The first kappa shape index (κ1) is 34.1. The van der Waals surface area contributed by atoms with E-state index in [0.29, 0.717) is 12.9 Å². The Morgan fingerprint density at radius 1 is 1.12 bits per heavy atom. The van der Waals surface area contributed by atoms with Gasteiger partial charge in [0.1, 0.15) is 17.4 Å². The molecule has 0 aliphatic carbocycles. The minimum atomic E-state index is -0.861. The number of pyridine rings is 1. The number of benzene rings is 2. The van der Waals surface area contributed by atoms with E-state index in [1.165, 1.54) is 0 Å². The summed E-state index contributed by atoms with van der Waals surface area (Å²) in [6.45, 7) is 9.92. The van der Waals surface area contributed by atoms with E-state index in [4.69, 9.17) is 9.72 Å². The third kappa shape index (κ3) is 9.47. The molecule has 0 saturated carbocycles. The number of para-hydroxylation sites is 1. The summed E-state index contributed by atoms with van der Waals surface area (Å²) in [7, 11) is 4.90. The molecule has 220 valence electrons. The van der Waals surface area contributed by atoms with Crippen molar-refractivity contribution in [3.05, 3.63) is 72.6 Å². The lowest BCUT2D eigenvalue weighted by molar-refractivity contribution is -0.140. The van der Waals surface area contributed by atoms with Crippen LogP contribution in [0.1, 0.15) is 40.2 Å². The molecule has 0 aliphatic rings. The zero-order valence-corrected chi connectivity index (χ0v) is 27.4. The monoisotopic (exact) mass is 691 g/mol. The van der Waals surface area contributed by atoms with Crippen LogP contribution in [-0.4, -0.2) is 52.3 Å². The molecule has 0 spiro atoms. The summed E-state index contributed by atoms with van der Waals surface area (Å²) >= 11 is 2.25. The van der Waals surface area contributed by atoms with Gasteiger partial charge in [-0.15, -0.1) is 0 Å². The highest BCUT2D eigenvalue weighted by atomic mass is 127. The highest BCUT2D eigenvalue weighted by Crippen LogP contribution is 2.39. The number of nitrogens with zero attached hydrogens (tertiary/aromatic N) is 2. The van der Waals surface area contributed by atoms with Crippen LogP contribution in [0.25, 0.3) is 33.3 Å². The van der Waals surface area contributed by atoms with Gasteiger partial charge in [0.15, 0.2) is 5.65 Å². The van der Waals surface area contributed by atoms with Crippen molar-refractivity contribution in [3.63, 3.8) is 0 Å². The number of carbonyl (C=O) groups is 2. The van der Waals surface area contributed by atoms with Crippen molar-refractivity contribution in [1.29, 1.82) is 0 Å². The van der Waals surface area contributed by atoms with Crippen molar-refractivity contribution in [2.45, 2.75) is 52.7 Å². The minimum Gasteiger partial charge on any atom is -0.496 e. The second kappa shape index (κ2) is 16.4. The lowest BCUT2D eigenvalue weighted by atomic mass is 9.98. The summed E-state index contributed by atoms with van der Waals surface area (Å²) in [5, 5.41) is 13.2. The number of aliphatic carboxylic acids is 1. The van der Waals surface area contributed by atoms with Crippen LogP contribution in [0.4, 0.5) is 0 Å². The number of hydrogen-bond donors (Lipinski definition) is 2. The number of carbonyl (C=O) groups excluding carboxylic acids is 1. The summed E-state index contributed by atoms with van der Waals surface area (Å²) < 4.78 is 12.2. The molecule has 0 amide bonds. The van der Waals surface area contributed by atoms with Crippen molar-refractivity contribution in [3.8, 4) is 28.0 Å². The third-order valence-electron chi connectivity index (χ3n) is 5.83. The molecule has 1 unspecified atom stereocenters. The van der Waals surface area contributed by atoms with Crippen molar-refractivity contribution in [2.24, 2.45) is 0 Å². The molecule has 2 aromatic heterocycles. The maximum absolute atomic E-state index is 11.4. The second-order valence-corrected chi connectivity index (χ2v) is 11.4. The normalized spacial score (nSPS) is 11.4. The van der Waals surface area contributed by atoms with Gasteiger partial charge in [-0.25, -0.2) is 4.98 Å². The van der Waals surface area contributed by atoms with E-state index < -0.39 is 12.0 Å². The summed E-state index contributed by atoms with van der Waals surface area (Å²) in [6, 6.07) is 17.4. The number of hydrogen-bond acceptors (Lipinski definition) is 7. The van der Waals surface area contributed by atoms with Gasteiger partial charge >= 0.3 is 5.97 Å². The number of fused-ring (bicyclic) bond motifs is 1.